The molecule has 0 aliphatic heterocycles. The van der Waals surface area contributed by atoms with E-state index in [1.807, 2.05) is 55.5 Å². The third-order valence-electron chi connectivity index (χ3n) is 4.32. The highest BCUT2D eigenvalue weighted by Gasteiger charge is 2.34. The van der Waals surface area contributed by atoms with Crippen molar-refractivity contribution in [3.63, 3.8) is 0 Å². The molecule has 4 heteroatoms. The van der Waals surface area contributed by atoms with Gasteiger partial charge < -0.3 is 10.1 Å². The minimum atomic E-state index is -0.541. The van der Waals surface area contributed by atoms with Gasteiger partial charge in [0.2, 0.25) is 0 Å². The second kappa shape index (κ2) is 7.27. The molecule has 1 amide bonds. The average molecular weight is 344 g/mol. The summed E-state index contributed by atoms with van der Waals surface area (Å²) in [6.45, 7) is 3.80. The van der Waals surface area contributed by atoms with Crippen LogP contribution in [-0.4, -0.2) is 12.0 Å². The van der Waals surface area contributed by atoms with E-state index in [9.17, 15) is 4.79 Å². The lowest BCUT2D eigenvalue weighted by molar-refractivity contribution is -0.128. The topological polar surface area (TPSA) is 38.3 Å². The zero-order valence-corrected chi connectivity index (χ0v) is 14.7. The van der Waals surface area contributed by atoms with Gasteiger partial charge in [0.05, 0.1) is 6.04 Å². The van der Waals surface area contributed by atoms with E-state index in [1.165, 1.54) is 0 Å². The van der Waals surface area contributed by atoms with Gasteiger partial charge in [-0.1, -0.05) is 41.4 Å². The number of hydrogen-bond donors (Lipinski definition) is 1. The van der Waals surface area contributed by atoms with Crippen molar-refractivity contribution in [3.05, 3.63) is 64.7 Å². The van der Waals surface area contributed by atoms with E-state index in [-0.39, 0.29) is 11.9 Å². The number of halogens is 1. The Kier molecular flexibility index (Phi) is 5.10. The zero-order chi connectivity index (χ0) is 17.1. The van der Waals surface area contributed by atoms with E-state index in [1.54, 1.807) is 6.92 Å². The Hall–Kier alpha value is -2.00. The molecular weight excluding hydrogens is 322 g/mol. The summed E-state index contributed by atoms with van der Waals surface area (Å²) in [4.78, 5) is 12.5. The summed E-state index contributed by atoms with van der Waals surface area (Å²) in [6, 6.07) is 15.4. The van der Waals surface area contributed by atoms with Crippen LogP contribution in [0.4, 0.5) is 0 Å². The number of carbonyl (C=O) groups is 1. The fourth-order valence-corrected chi connectivity index (χ4v) is 2.84. The first kappa shape index (κ1) is 16.8. The standard InChI is InChI=1S/C20H22ClNO2/c1-13-3-11-18(12-4-13)24-14(2)20(23)22-19(15-5-6-15)16-7-9-17(21)10-8-16/h3-4,7-12,14-15,19H,5-6H2,1-2H3,(H,22,23)/t14-,19-/m1/s1. The minimum Gasteiger partial charge on any atom is -0.481 e. The molecule has 2 atom stereocenters. The van der Waals surface area contributed by atoms with E-state index in [0.717, 1.165) is 24.0 Å². The third-order valence-corrected chi connectivity index (χ3v) is 4.58. The summed E-state index contributed by atoms with van der Waals surface area (Å²) in [6.07, 6.45) is 1.74. The third kappa shape index (κ3) is 4.30. The molecule has 0 saturated heterocycles. The van der Waals surface area contributed by atoms with Crippen molar-refractivity contribution in [3.8, 4) is 5.75 Å². The lowest BCUT2D eigenvalue weighted by Gasteiger charge is -2.22. The summed E-state index contributed by atoms with van der Waals surface area (Å²) < 4.78 is 5.75. The maximum atomic E-state index is 12.5. The summed E-state index contributed by atoms with van der Waals surface area (Å²) in [5.74, 6) is 1.11. The molecule has 0 aromatic heterocycles. The number of benzene rings is 2. The molecule has 1 saturated carbocycles. The van der Waals surface area contributed by atoms with Crippen LogP contribution in [0.1, 0.15) is 36.9 Å². The van der Waals surface area contributed by atoms with Gasteiger partial charge in [-0.2, -0.15) is 0 Å². The van der Waals surface area contributed by atoms with E-state index < -0.39 is 6.10 Å². The zero-order valence-electron chi connectivity index (χ0n) is 14.0. The number of nitrogens with one attached hydrogen (secondary N) is 1. The molecule has 0 radical (unpaired) electrons. The molecule has 0 bridgehead atoms. The summed E-state index contributed by atoms with van der Waals surface area (Å²) in [7, 11) is 0. The van der Waals surface area contributed by atoms with Crippen molar-refractivity contribution in [1.82, 2.24) is 5.32 Å². The van der Waals surface area contributed by atoms with Gasteiger partial charge in [-0.25, -0.2) is 0 Å². The van der Waals surface area contributed by atoms with Crippen molar-refractivity contribution < 1.29 is 9.53 Å². The average Bonchev–Trinajstić information content (AvgIpc) is 3.40. The van der Waals surface area contributed by atoms with Crippen LogP contribution in [0.15, 0.2) is 48.5 Å². The van der Waals surface area contributed by atoms with Crippen LogP contribution in [0.2, 0.25) is 5.02 Å². The first-order valence-electron chi connectivity index (χ1n) is 8.32. The molecule has 0 spiro atoms. The Labute approximate surface area is 148 Å². The van der Waals surface area contributed by atoms with Gasteiger partial charge >= 0.3 is 0 Å². The summed E-state index contributed by atoms with van der Waals surface area (Å²) >= 11 is 5.96. The van der Waals surface area contributed by atoms with Crippen molar-refractivity contribution in [1.29, 1.82) is 0 Å². The second-order valence-electron chi connectivity index (χ2n) is 6.45. The number of ether oxygens (including phenoxy) is 1. The Morgan fingerprint density at radius 1 is 1.12 bits per heavy atom. The molecule has 24 heavy (non-hydrogen) atoms. The maximum absolute atomic E-state index is 12.5. The smallest absolute Gasteiger partial charge is 0.261 e. The van der Waals surface area contributed by atoms with Crippen molar-refractivity contribution >= 4 is 17.5 Å². The quantitative estimate of drug-likeness (QED) is 0.826. The van der Waals surface area contributed by atoms with Crippen LogP contribution in [0, 0.1) is 12.8 Å². The molecule has 1 N–H and O–H groups in total. The molecule has 3 nitrogen and oxygen atoms in total. The lowest BCUT2D eigenvalue weighted by Crippen LogP contribution is -2.39. The van der Waals surface area contributed by atoms with Crippen molar-refractivity contribution in [2.75, 3.05) is 0 Å². The fourth-order valence-electron chi connectivity index (χ4n) is 2.72. The number of hydrogen-bond acceptors (Lipinski definition) is 2. The first-order chi connectivity index (χ1) is 11.5. The maximum Gasteiger partial charge on any atom is 0.261 e. The highest BCUT2D eigenvalue weighted by Crippen LogP contribution is 2.41. The molecule has 1 aliphatic rings. The highest BCUT2D eigenvalue weighted by molar-refractivity contribution is 6.30. The Morgan fingerprint density at radius 2 is 1.75 bits per heavy atom. The molecule has 2 aromatic carbocycles. The predicted octanol–water partition coefficient (Wildman–Crippen LogP) is 4.68. The van der Waals surface area contributed by atoms with Crippen molar-refractivity contribution in [2.24, 2.45) is 5.92 Å². The second-order valence-corrected chi connectivity index (χ2v) is 6.88. The van der Waals surface area contributed by atoms with Gasteiger partial charge in [-0.05, 0) is 62.4 Å². The molecule has 2 aromatic rings. The fraction of sp³-hybridized carbons (Fsp3) is 0.350. The Balaban J connectivity index is 1.64. The number of carbonyl (C=O) groups excluding carboxylic acids is 1. The molecular formula is C20H22ClNO2. The number of aryl methyl sites for hydroxylation is 1. The van der Waals surface area contributed by atoms with Crippen molar-refractivity contribution in [2.45, 2.75) is 38.8 Å². The normalized spacial score (nSPS) is 16.3. The summed E-state index contributed by atoms with van der Waals surface area (Å²) in [5.41, 5.74) is 2.26. The Morgan fingerprint density at radius 3 is 2.33 bits per heavy atom. The molecule has 1 fully saturated rings. The van der Waals surface area contributed by atoms with Gasteiger partial charge in [0.25, 0.3) is 5.91 Å². The van der Waals surface area contributed by atoms with Crippen LogP contribution < -0.4 is 10.1 Å². The van der Waals surface area contributed by atoms with Crippen LogP contribution in [0.25, 0.3) is 0 Å². The van der Waals surface area contributed by atoms with Gasteiger partial charge in [-0.3, -0.25) is 4.79 Å². The lowest BCUT2D eigenvalue weighted by atomic mass is 10.0. The van der Waals surface area contributed by atoms with Gasteiger partial charge in [0, 0.05) is 5.02 Å². The molecule has 126 valence electrons. The van der Waals surface area contributed by atoms with E-state index in [2.05, 4.69) is 5.32 Å². The largest absolute Gasteiger partial charge is 0.481 e. The van der Waals surface area contributed by atoms with E-state index in [4.69, 9.17) is 16.3 Å². The number of rotatable bonds is 6. The molecule has 0 heterocycles. The SMILES string of the molecule is Cc1ccc(O[C@H](C)C(=O)N[C@@H](c2ccc(Cl)cc2)C2CC2)cc1. The van der Waals surface area contributed by atoms with Gasteiger partial charge in [0.15, 0.2) is 6.10 Å². The van der Waals surface area contributed by atoms with E-state index >= 15 is 0 Å². The van der Waals surface area contributed by atoms with Crippen LogP contribution >= 0.6 is 11.6 Å². The van der Waals surface area contributed by atoms with Crippen LogP contribution in [0.5, 0.6) is 5.75 Å². The van der Waals surface area contributed by atoms with Gasteiger partial charge in [0.1, 0.15) is 5.75 Å². The van der Waals surface area contributed by atoms with Crippen LogP contribution in [0.3, 0.4) is 0 Å². The van der Waals surface area contributed by atoms with E-state index in [0.29, 0.717) is 16.7 Å². The minimum absolute atomic E-state index is 0.0267. The predicted molar refractivity (Wildman–Crippen MR) is 96.3 cm³/mol. The first-order valence-corrected chi connectivity index (χ1v) is 8.70. The molecule has 1 aliphatic carbocycles. The molecule has 3 rings (SSSR count). The molecule has 0 unspecified atom stereocenters. The number of amides is 1. The van der Waals surface area contributed by atoms with Gasteiger partial charge in [-0.15, -0.1) is 0 Å². The Bertz CT molecular complexity index is 693. The van der Waals surface area contributed by atoms with Crippen LogP contribution in [-0.2, 0) is 4.79 Å². The monoisotopic (exact) mass is 343 g/mol. The highest BCUT2D eigenvalue weighted by atomic mass is 35.5. The summed E-state index contributed by atoms with van der Waals surface area (Å²) in [5, 5.41) is 3.84.